The van der Waals surface area contributed by atoms with Crippen LogP contribution in [-0.4, -0.2) is 41.2 Å². The van der Waals surface area contributed by atoms with Crippen molar-refractivity contribution in [3.63, 3.8) is 0 Å². The van der Waals surface area contributed by atoms with Gasteiger partial charge in [0.2, 0.25) is 0 Å². The van der Waals surface area contributed by atoms with Gasteiger partial charge in [-0.1, -0.05) is 62.7 Å². The Morgan fingerprint density at radius 2 is 1.87 bits per heavy atom. The molecule has 0 unspecified atom stereocenters. The minimum Gasteiger partial charge on any atom is -0.491 e. The first-order valence-electron chi connectivity index (χ1n) is 10.5. The van der Waals surface area contributed by atoms with Crippen molar-refractivity contribution in [1.29, 1.82) is 0 Å². The largest absolute Gasteiger partial charge is 0.491 e. The Morgan fingerprint density at radius 3 is 2.48 bits per heavy atom. The highest BCUT2D eigenvalue weighted by Crippen LogP contribution is 2.33. The number of carbonyl (C=O) groups is 2. The van der Waals surface area contributed by atoms with E-state index in [0.29, 0.717) is 17.2 Å². The molecule has 0 bridgehead atoms. The van der Waals surface area contributed by atoms with E-state index in [1.807, 2.05) is 70.2 Å². The number of ether oxygens (including phenoxy) is 1. The summed E-state index contributed by atoms with van der Waals surface area (Å²) in [6.07, 6.45) is -0.624. The van der Waals surface area contributed by atoms with Gasteiger partial charge in [-0.3, -0.25) is 9.69 Å². The Kier molecular flexibility index (Phi) is 6.92. The van der Waals surface area contributed by atoms with Crippen LogP contribution < -0.4 is 10.1 Å². The monoisotopic (exact) mass is 444 g/mol. The van der Waals surface area contributed by atoms with Crippen molar-refractivity contribution in [1.82, 2.24) is 10.2 Å². The Balaban J connectivity index is 1.72. The van der Waals surface area contributed by atoms with E-state index in [1.165, 1.54) is 0 Å². The smallest absolute Gasteiger partial charge is 0.325 e. The number of carbonyl (C=O) groups excluding carboxylic acids is 2. The first-order valence-corrected chi connectivity index (χ1v) is 10.9. The molecule has 1 fully saturated rings. The van der Waals surface area contributed by atoms with Gasteiger partial charge >= 0.3 is 6.03 Å². The van der Waals surface area contributed by atoms with Crippen LogP contribution in [-0.2, 0) is 10.3 Å². The van der Waals surface area contributed by atoms with Gasteiger partial charge in [0.05, 0.1) is 6.54 Å². The molecule has 0 saturated carbocycles. The molecule has 7 heteroatoms. The zero-order chi connectivity index (χ0) is 22.8. The van der Waals surface area contributed by atoms with E-state index in [2.05, 4.69) is 5.32 Å². The first-order chi connectivity index (χ1) is 14.7. The minimum absolute atomic E-state index is 0.0533. The van der Waals surface area contributed by atoms with Gasteiger partial charge in [0, 0.05) is 5.02 Å². The number of aliphatic hydroxyl groups excluding tert-OH is 1. The first kappa shape index (κ1) is 23.1. The molecule has 1 heterocycles. The lowest BCUT2D eigenvalue weighted by molar-refractivity contribution is -0.132. The van der Waals surface area contributed by atoms with Crippen LogP contribution in [0.4, 0.5) is 4.79 Å². The summed E-state index contributed by atoms with van der Waals surface area (Å²) in [6, 6.07) is 12.4. The highest BCUT2D eigenvalue weighted by atomic mass is 35.5. The molecule has 1 aliphatic rings. The van der Waals surface area contributed by atoms with Crippen LogP contribution in [0.3, 0.4) is 0 Å². The molecule has 1 saturated heterocycles. The maximum atomic E-state index is 13.2. The quantitative estimate of drug-likeness (QED) is 0.592. The lowest BCUT2D eigenvalue weighted by Gasteiger charge is -2.26. The number of amides is 3. The van der Waals surface area contributed by atoms with E-state index < -0.39 is 17.7 Å². The summed E-state index contributed by atoms with van der Waals surface area (Å²) in [5, 5.41) is 14.0. The second kappa shape index (κ2) is 9.28. The fourth-order valence-corrected chi connectivity index (χ4v) is 4.02. The number of hydrogen-bond acceptors (Lipinski definition) is 4. The van der Waals surface area contributed by atoms with Gasteiger partial charge in [-0.05, 0) is 48.1 Å². The molecule has 2 aromatic rings. The number of nitrogens with one attached hydrogen (secondary N) is 1. The number of aryl methyl sites for hydroxylation is 1. The number of benzene rings is 2. The van der Waals surface area contributed by atoms with Gasteiger partial charge in [-0.15, -0.1) is 0 Å². The summed E-state index contributed by atoms with van der Waals surface area (Å²) in [7, 11) is 0. The number of hydrogen-bond donors (Lipinski definition) is 2. The van der Waals surface area contributed by atoms with E-state index in [9.17, 15) is 14.7 Å². The summed E-state index contributed by atoms with van der Waals surface area (Å²) in [4.78, 5) is 26.8. The summed E-state index contributed by atoms with van der Waals surface area (Å²) in [5.74, 6) is 0.461. The molecule has 3 amide bonds. The van der Waals surface area contributed by atoms with Crippen LogP contribution in [0.5, 0.6) is 5.75 Å². The molecule has 166 valence electrons. The SMILES string of the molecule is CC[C@]1(c2ccccc2)NC(=O)N(C[C@@H](O)COc2cc(C)c(Cl)cc2C(C)C)C1=O. The molecule has 0 radical (unpaired) electrons. The van der Waals surface area contributed by atoms with Crippen molar-refractivity contribution in [2.75, 3.05) is 13.2 Å². The average Bonchev–Trinajstić information content (AvgIpc) is 2.99. The number of halogens is 1. The van der Waals surface area contributed by atoms with E-state index >= 15 is 0 Å². The van der Waals surface area contributed by atoms with E-state index in [4.69, 9.17) is 16.3 Å². The molecule has 2 atom stereocenters. The van der Waals surface area contributed by atoms with E-state index in [0.717, 1.165) is 21.6 Å². The average molecular weight is 445 g/mol. The highest BCUT2D eigenvalue weighted by molar-refractivity contribution is 6.31. The maximum Gasteiger partial charge on any atom is 0.325 e. The van der Waals surface area contributed by atoms with Gasteiger partial charge < -0.3 is 15.2 Å². The number of imide groups is 1. The molecule has 2 N–H and O–H groups in total. The molecule has 3 rings (SSSR count). The van der Waals surface area contributed by atoms with E-state index in [1.54, 1.807) is 0 Å². The summed E-state index contributed by atoms with van der Waals surface area (Å²) in [6.45, 7) is 7.60. The summed E-state index contributed by atoms with van der Waals surface area (Å²) in [5.41, 5.74) is 1.42. The van der Waals surface area contributed by atoms with Crippen LogP contribution in [0.15, 0.2) is 42.5 Å². The van der Waals surface area contributed by atoms with Crippen LogP contribution in [0.1, 0.15) is 49.8 Å². The fourth-order valence-electron chi connectivity index (χ4n) is 3.85. The van der Waals surface area contributed by atoms with E-state index in [-0.39, 0.29) is 25.0 Å². The van der Waals surface area contributed by atoms with Crippen molar-refractivity contribution in [2.45, 2.75) is 51.7 Å². The standard InChI is InChI=1S/C24H29ClN2O4/c1-5-24(17-9-7-6-8-10-17)22(29)27(23(30)26-24)13-18(28)14-31-21-11-16(4)20(25)12-19(21)15(2)3/h6-12,15,18,28H,5,13-14H2,1-4H3,(H,26,30)/t18-,24-/m1/s1. The van der Waals surface area contributed by atoms with Gasteiger partial charge in [-0.25, -0.2) is 4.79 Å². The van der Waals surface area contributed by atoms with Gasteiger partial charge in [0.1, 0.15) is 24.0 Å². The second-order valence-electron chi connectivity index (χ2n) is 8.23. The zero-order valence-corrected chi connectivity index (χ0v) is 19.1. The van der Waals surface area contributed by atoms with Gasteiger partial charge in [-0.2, -0.15) is 0 Å². The third-order valence-corrected chi connectivity index (χ3v) is 6.12. The van der Waals surface area contributed by atoms with Crippen molar-refractivity contribution < 1.29 is 19.4 Å². The van der Waals surface area contributed by atoms with Crippen molar-refractivity contribution in [3.8, 4) is 5.75 Å². The molecule has 1 aliphatic heterocycles. The third-order valence-electron chi connectivity index (χ3n) is 5.71. The predicted octanol–water partition coefficient (Wildman–Crippen LogP) is 4.37. The Bertz CT molecular complexity index is 964. The van der Waals surface area contributed by atoms with Crippen molar-refractivity contribution in [2.24, 2.45) is 0 Å². The summed E-state index contributed by atoms with van der Waals surface area (Å²) >= 11 is 6.24. The molecule has 31 heavy (non-hydrogen) atoms. The number of rotatable bonds is 8. The van der Waals surface area contributed by atoms with Crippen molar-refractivity contribution >= 4 is 23.5 Å². The van der Waals surface area contributed by atoms with Gasteiger partial charge in [0.15, 0.2) is 0 Å². The normalized spacial score (nSPS) is 19.6. The highest BCUT2D eigenvalue weighted by Gasteiger charge is 2.51. The topological polar surface area (TPSA) is 78.9 Å². The van der Waals surface area contributed by atoms with Crippen LogP contribution in [0.25, 0.3) is 0 Å². The predicted molar refractivity (Wildman–Crippen MR) is 120 cm³/mol. The molecule has 6 nitrogen and oxygen atoms in total. The zero-order valence-electron chi connectivity index (χ0n) is 18.3. The Morgan fingerprint density at radius 1 is 1.19 bits per heavy atom. The van der Waals surface area contributed by atoms with Crippen LogP contribution in [0.2, 0.25) is 5.02 Å². The minimum atomic E-state index is -1.11. The molecular formula is C24H29ClN2O4. The lowest BCUT2D eigenvalue weighted by atomic mass is 9.87. The molecular weight excluding hydrogens is 416 g/mol. The lowest BCUT2D eigenvalue weighted by Crippen LogP contribution is -2.44. The second-order valence-corrected chi connectivity index (χ2v) is 8.64. The molecule has 2 aromatic carbocycles. The number of nitrogens with zero attached hydrogens (tertiary/aromatic N) is 1. The third kappa shape index (κ3) is 4.55. The summed E-state index contributed by atoms with van der Waals surface area (Å²) < 4.78 is 5.86. The molecule has 0 spiro atoms. The van der Waals surface area contributed by atoms with Crippen LogP contribution >= 0.6 is 11.6 Å². The molecule has 0 aromatic heterocycles. The van der Waals surface area contributed by atoms with Crippen molar-refractivity contribution in [3.05, 3.63) is 64.2 Å². The Labute approximate surface area is 188 Å². The number of β-amino-alcohol motifs (C(OH)–C–C–N with tert-alkyl or cyclic N) is 1. The number of aliphatic hydroxyl groups is 1. The van der Waals surface area contributed by atoms with Gasteiger partial charge in [0.25, 0.3) is 5.91 Å². The van der Waals surface area contributed by atoms with Crippen LogP contribution in [0, 0.1) is 6.92 Å². The maximum absolute atomic E-state index is 13.2. The fraction of sp³-hybridized carbons (Fsp3) is 0.417. The Hall–Kier alpha value is -2.57. The number of urea groups is 1. The molecule has 0 aliphatic carbocycles.